The van der Waals surface area contributed by atoms with Crippen LogP contribution in [0.2, 0.25) is 0 Å². The van der Waals surface area contributed by atoms with Crippen molar-refractivity contribution in [3.05, 3.63) is 23.8 Å². The minimum absolute atomic E-state index is 0.0353. The third-order valence-corrected chi connectivity index (χ3v) is 4.22. The summed E-state index contributed by atoms with van der Waals surface area (Å²) in [5.74, 6) is 1.46. The molecule has 0 radical (unpaired) electrons. The summed E-state index contributed by atoms with van der Waals surface area (Å²) in [6, 6.07) is 5.02. The molecule has 0 heterocycles. The van der Waals surface area contributed by atoms with E-state index in [-0.39, 0.29) is 17.6 Å². The third-order valence-electron chi connectivity index (χ3n) is 4.22. The van der Waals surface area contributed by atoms with Crippen LogP contribution >= 0.6 is 0 Å². The fourth-order valence-electron chi connectivity index (χ4n) is 2.77. The smallest absolute Gasteiger partial charge is 0.387 e. The molecule has 1 rings (SSSR count). The van der Waals surface area contributed by atoms with E-state index in [1.165, 1.54) is 7.11 Å². The number of hydrogen-bond acceptors (Lipinski definition) is 4. The highest BCUT2D eigenvalue weighted by atomic mass is 19.3. The first-order valence-corrected chi connectivity index (χ1v) is 9.59. The van der Waals surface area contributed by atoms with Crippen molar-refractivity contribution in [2.24, 2.45) is 10.9 Å². The van der Waals surface area contributed by atoms with Crippen molar-refractivity contribution in [1.29, 1.82) is 0 Å². The molecule has 0 aliphatic rings. The highest BCUT2D eigenvalue weighted by Crippen LogP contribution is 2.29. The van der Waals surface area contributed by atoms with Crippen LogP contribution in [0.25, 0.3) is 0 Å². The molecule has 1 atom stereocenters. The van der Waals surface area contributed by atoms with Crippen LogP contribution in [0.15, 0.2) is 23.2 Å². The van der Waals surface area contributed by atoms with Gasteiger partial charge in [-0.2, -0.15) is 8.78 Å². The molecule has 0 saturated heterocycles. The molecule has 2 N–H and O–H groups in total. The van der Waals surface area contributed by atoms with Crippen molar-refractivity contribution in [1.82, 2.24) is 10.6 Å². The summed E-state index contributed by atoms with van der Waals surface area (Å²) in [6.07, 6.45) is 1.72. The first-order chi connectivity index (χ1) is 13.4. The Hall–Kier alpha value is -2.09. The monoisotopic (exact) mass is 401 g/mol. The van der Waals surface area contributed by atoms with Gasteiger partial charge < -0.3 is 24.8 Å². The molecule has 0 fully saturated rings. The van der Waals surface area contributed by atoms with Gasteiger partial charge in [0.15, 0.2) is 17.5 Å². The maximum atomic E-state index is 12.5. The number of methoxy groups -OCH3 is 1. The number of guanidine groups is 1. The maximum absolute atomic E-state index is 12.5. The molecule has 1 aromatic rings. The largest absolute Gasteiger partial charge is 0.493 e. The Morgan fingerprint density at radius 1 is 1.14 bits per heavy atom. The number of nitrogens with one attached hydrogen (secondary N) is 2. The second-order valence-corrected chi connectivity index (χ2v) is 6.57. The summed E-state index contributed by atoms with van der Waals surface area (Å²) < 4.78 is 40.3. The molecule has 160 valence electrons. The van der Waals surface area contributed by atoms with E-state index in [1.807, 2.05) is 13.0 Å². The van der Waals surface area contributed by atoms with Crippen LogP contribution in [0.5, 0.6) is 11.5 Å². The van der Waals surface area contributed by atoms with Crippen molar-refractivity contribution in [2.75, 3.05) is 33.9 Å². The van der Waals surface area contributed by atoms with Crippen molar-refractivity contribution in [3.8, 4) is 11.5 Å². The van der Waals surface area contributed by atoms with Gasteiger partial charge >= 0.3 is 6.61 Å². The molecule has 1 unspecified atom stereocenters. The fraction of sp³-hybridized carbons (Fsp3) is 0.650. The Balaban J connectivity index is 2.48. The number of halogens is 2. The van der Waals surface area contributed by atoms with Gasteiger partial charge in [-0.3, -0.25) is 4.99 Å². The third kappa shape index (κ3) is 8.73. The predicted octanol–water partition coefficient (Wildman–Crippen LogP) is 3.46. The molecule has 6 nitrogen and oxygen atoms in total. The van der Waals surface area contributed by atoms with Crippen LogP contribution in [-0.2, 0) is 11.2 Å². The van der Waals surface area contributed by atoms with E-state index < -0.39 is 6.61 Å². The van der Waals surface area contributed by atoms with Gasteiger partial charge in [0.25, 0.3) is 0 Å². The fourth-order valence-corrected chi connectivity index (χ4v) is 2.77. The summed E-state index contributed by atoms with van der Waals surface area (Å²) in [7, 11) is 3.12. The molecule has 8 heteroatoms. The van der Waals surface area contributed by atoms with E-state index in [4.69, 9.17) is 9.47 Å². The molecule has 0 aliphatic carbocycles. The van der Waals surface area contributed by atoms with Crippen molar-refractivity contribution in [3.63, 3.8) is 0 Å². The molecular weight excluding hydrogens is 368 g/mol. The molecule has 0 spiro atoms. The first kappa shape index (κ1) is 23.9. The molecule has 0 amide bonds. The number of aliphatic imine (C=N–C) groups is 1. The normalized spacial score (nSPS) is 13.0. The minimum Gasteiger partial charge on any atom is -0.493 e. The Morgan fingerprint density at radius 3 is 2.43 bits per heavy atom. The zero-order valence-corrected chi connectivity index (χ0v) is 17.4. The van der Waals surface area contributed by atoms with Crippen molar-refractivity contribution in [2.45, 2.75) is 46.3 Å². The van der Waals surface area contributed by atoms with Crippen LogP contribution in [0, 0.1) is 5.92 Å². The van der Waals surface area contributed by atoms with Crippen LogP contribution in [-0.4, -0.2) is 52.5 Å². The van der Waals surface area contributed by atoms with E-state index in [1.54, 1.807) is 19.2 Å². The summed E-state index contributed by atoms with van der Waals surface area (Å²) in [4.78, 5) is 4.20. The number of alkyl halides is 2. The van der Waals surface area contributed by atoms with Gasteiger partial charge in [0, 0.05) is 26.7 Å². The van der Waals surface area contributed by atoms with Crippen LogP contribution in [0.3, 0.4) is 0 Å². The summed E-state index contributed by atoms with van der Waals surface area (Å²) in [5, 5.41) is 6.49. The Bertz CT molecular complexity index is 598. The Morgan fingerprint density at radius 2 is 1.86 bits per heavy atom. The lowest BCUT2D eigenvalue weighted by molar-refractivity contribution is -0.0512. The topological polar surface area (TPSA) is 64.1 Å². The second-order valence-electron chi connectivity index (χ2n) is 6.57. The lowest BCUT2D eigenvalue weighted by atomic mass is 10.0. The quantitative estimate of drug-likeness (QED) is 0.415. The van der Waals surface area contributed by atoms with Gasteiger partial charge in [0.2, 0.25) is 0 Å². The Labute approximate surface area is 166 Å². The van der Waals surface area contributed by atoms with E-state index >= 15 is 0 Å². The Kier molecular flexibility index (Phi) is 11.2. The van der Waals surface area contributed by atoms with Crippen molar-refractivity contribution >= 4 is 5.96 Å². The van der Waals surface area contributed by atoms with E-state index in [2.05, 4.69) is 34.2 Å². The first-order valence-electron chi connectivity index (χ1n) is 9.59. The number of ether oxygens (including phenoxy) is 3. The molecule has 28 heavy (non-hydrogen) atoms. The number of rotatable bonds is 12. The predicted molar refractivity (Wildman–Crippen MR) is 108 cm³/mol. The lowest BCUT2D eigenvalue weighted by Gasteiger charge is -2.21. The van der Waals surface area contributed by atoms with E-state index in [9.17, 15) is 8.78 Å². The SMILES string of the molecule is CCOC(CCNC(=NC)NCCc1ccc(OC)c(OC(F)F)c1)C(C)C. The summed E-state index contributed by atoms with van der Waals surface area (Å²) in [6.45, 7) is 5.45. The molecule has 0 aromatic heterocycles. The lowest BCUT2D eigenvalue weighted by Crippen LogP contribution is -2.40. The highest BCUT2D eigenvalue weighted by Gasteiger charge is 2.13. The van der Waals surface area contributed by atoms with E-state index in [0.29, 0.717) is 31.4 Å². The number of hydrogen-bond donors (Lipinski definition) is 2. The average molecular weight is 401 g/mol. The van der Waals surface area contributed by atoms with Crippen LogP contribution in [0.4, 0.5) is 8.78 Å². The van der Waals surface area contributed by atoms with Crippen LogP contribution < -0.4 is 20.1 Å². The zero-order valence-electron chi connectivity index (χ0n) is 17.4. The minimum atomic E-state index is -2.89. The molecule has 1 aromatic carbocycles. The standard InChI is InChI=1S/C20H33F2N3O3/c1-6-27-16(14(2)3)10-12-25-20(23-4)24-11-9-15-7-8-17(26-5)18(13-15)28-19(21)22/h7-8,13-14,16,19H,6,9-12H2,1-5H3,(H2,23,24,25). The molecule has 0 aliphatic heterocycles. The summed E-state index contributed by atoms with van der Waals surface area (Å²) in [5.41, 5.74) is 0.857. The van der Waals surface area contributed by atoms with Crippen LogP contribution in [0.1, 0.15) is 32.8 Å². The summed E-state index contributed by atoms with van der Waals surface area (Å²) >= 11 is 0. The average Bonchev–Trinajstić information content (AvgIpc) is 2.65. The zero-order chi connectivity index (χ0) is 20.9. The number of nitrogens with zero attached hydrogens (tertiary/aromatic N) is 1. The van der Waals surface area contributed by atoms with E-state index in [0.717, 1.165) is 18.5 Å². The van der Waals surface area contributed by atoms with Gasteiger partial charge in [-0.15, -0.1) is 0 Å². The molecule has 0 bridgehead atoms. The van der Waals surface area contributed by atoms with Gasteiger partial charge in [-0.1, -0.05) is 19.9 Å². The maximum Gasteiger partial charge on any atom is 0.387 e. The van der Waals surface area contributed by atoms with Gasteiger partial charge in [0.1, 0.15) is 0 Å². The van der Waals surface area contributed by atoms with Crippen molar-refractivity contribution < 1.29 is 23.0 Å². The highest BCUT2D eigenvalue weighted by molar-refractivity contribution is 5.79. The molecule has 0 saturated carbocycles. The van der Waals surface area contributed by atoms with Gasteiger partial charge in [0.05, 0.1) is 13.2 Å². The van der Waals surface area contributed by atoms with Gasteiger partial charge in [-0.25, -0.2) is 0 Å². The second kappa shape index (κ2) is 13.1. The number of benzene rings is 1. The molecular formula is C20H33F2N3O3. The van der Waals surface area contributed by atoms with Gasteiger partial charge in [-0.05, 0) is 43.4 Å².